The summed E-state index contributed by atoms with van der Waals surface area (Å²) in [5, 5.41) is 2.21. The van der Waals surface area contributed by atoms with Gasteiger partial charge < -0.3 is 4.42 Å². The Morgan fingerprint density at radius 1 is 0.821 bits per heavy atom. The van der Waals surface area contributed by atoms with Crippen molar-refractivity contribution in [2.75, 3.05) is 0 Å². The molecule has 0 unspecified atom stereocenters. The zero-order valence-corrected chi connectivity index (χ0v) is 15.9. The van der Waals surface area contributed by atoms with Crippen molar-refractivity contribution >= 4 is 21.9 Å². The maximum atomic E-state index is 8.30. The standard InChI is InChI=1S/C26H21NO/c1-17(2)19-13-14-27-24(15-19)20-11-12-22-23-10-6-9-21(18-7-4-3-5-8-18)26(23)28-25(22)16-20/h3-17H,1-2H3/i17D. The zero-order chi connectivity index (χ0) is 20.0. The van der Waals surface area contributed by atoms with Gasteiger partial charge in [-0.3, -0.25) is 4.98 Å². The maximum Gasteiger partial charge on any atom is 0.143 e. The average molecular weight is 364 g/mol. The molecule has 2 aromatic heterocycles. The average Bonchev–Trinajstić information content (AvgIpc) is 3.12. The van der Waals surface area contributed by atoms with Gasteiger partial charge in [0.2, 0.25) is 0 Å². The summed E-state index contributed by atoms with van der Waals surface area (Å²) in [6.45, 7) is 3.78. The lowest BCUT2D eigenvalue weighted by molar-refractivity contribution is 0.670. The molecule has 0 atom stereocenters. The number of pyridine rings is 1. The van der Waals surface area contributed by atoms with Gasteiger partial charge in [0.1, 0.15) is 11.2 Å². The van der Waals surface area contributed by atoms with E-state index in [0.29, 0.717) is 0 Å². The van der Waals surface area contributed by atoms with Crippen molar-refractivity contribution in [3.63, 3.8) is 0 Å². The van der Waals surface area contributed by atoms with Gasteiger partial charge >= 0.3 is 0 Å². The molecule has 0 bridgehead atoms. The van der Waals surface area contributed by atoms with Crippen molar-refractivity contribution < 1.29 is 5.79 Å². The quantitative estimate of drug-likeness (QED) is 0.332. The van der Waals surface area contributed by atoms with E-state index < -0.39 is 5.89 Å². The molecule has 0 aliphatic rings. The molecule has 0 aliphatic carbocycles. The van der Waals surface area contributed by atoms with Crippen molar-refractivity contribution in [1.29, 1.82) is 0 Å². The summed E-state index contributed by atoms with van der Waals surface area (Å²) >= 11 is 0. The van der Waals surface area contributed by atoms with Crippen LogP contribution in [0.2, 0.25) is 0 Å². The fourth-order valence-electron chi connectivity index (χ4n) is 3.70. The smallest absolute Gasteiger partial charge is 0.143 e. The molecule has 2 heteroatoms. The first-order valence-corrected chi connectivity index (χ1v) is 9.48. The minimum absolute atomic E-state index is 0.661. The minimum atomic E-state index is -0.661. The van der Waals surface area contributed by atoms with Crippen LogP contribution >= 0.6 is 0 Å². The van der Waals surface area contributed by atoms with Gasteiger partial charge in [0.15, 0.2) is 0 Å². The molecule has 5 aromatic rings. The molecule has 0 spiro atoms. The van der Waals surface area contributed by atoms with E-state index in [4.69, 9.17) is 5.79 Å². The Morgan fingerprint density at radius 2 is 1.68 bits per heavy atom. The predicted octanol–water partition coefficient (Wildman–Crippen LogP) is 7.44. The molecule has 2 nitrogen and oxygen atoms in total. The third kappa shape index (κ3) is 2.78. The molecule has 0 saturated heterocycles. The van der Waals surface area contributed by atoms with Crippen LogP contribution < -0.4 is 0 Å². The van der Waals surface area contributed by atoms with Gasteiger partial charge in [-0.1, -0.05) is 68.4 Å². The maximum absolute atomic E-state index is 8.30. The number of para-hydroxylation sites is 1. The molecule has 136 valence electrons. The SMILES string of the molecule is [2H]C(C)(C)c1ccnc(-c2ccc3c(c2)oc2c(-c4ccccc4)cccc23)c1. The van der Waals surface area contributed by atoms with Gasteiger partial charge in [0.05, 0.1) is 5.69 Å². The van der Waals surface area contributed by atoms with E-state index in [-0.39, 0.29) is 0 Å². The Morgan fingerprint density at radius 3 is 2.50 bits per heavy atom. The molecule has 3 aromatic carbocycles. The lowest BCUT2D eigenvalue weighted by atomic mass is 10.0. The van der Waals surface area contributed by atoms with Crippen LogP contribution in [0.25, 0.3) is 44.3 Å². The number of nitrogens with zero attached hydrogens (tertiary/aromatic N) is 1. The first-order valence-electron chi connectivity index (χ1n) is 9.98. The van der Waals surface area contributed by atoms with Gasteiger partial charge in [0.25, 0.3) is 0 Å². The summed E-state index contributed by atoms with van der Waals surface area (Å²) < 4.78 is 14.6. The van der Waals surface area contributed by atoms with Gasteiger partial charge in [-0.25, -0.2) is 0 Å². The van der Waals surface area contributed by atoms with Crippen LogP contribution in [0, 0.1) is 0 Å². The summed E-state index contributed by atoms with van der Waals surface area (Å²) in [6.07, 6.45) is 1.78. The first-order chi connectivity index (χ1) is 14.0. The zero-order valence-electron chi connectivity index (χ0n) is 16.9. The molecule has 0 N–H and O–H groups in total. The van der Waals surface area contributed by atoms with Crippen molar-refractivity contribution in [2.24, 2.45) is 0 Å². The third-order valence-corrected chi connectivity index (χ3v) is 5.22. The number of furan rings is 1. The lowest BCUT2D eigenvalue weighted by Gasteiger charge is -2.07. The van der Waals surface area contributed by atoms with Gasteiger partial charge in [-0.15, -0.1) is 0 Å². The van der Waals surface area contributed by atoms with Crippen molar-refractivity contribution in [3.8, 4) is 22.4 Å². The monoisotopic (exact) mass is 364 g/mol. The Hall–Kier alpha value is -3.39. The number of fused-ring (bicyclic) bond motifs is 3. The molecular formula is C26H21NO. The summed E-state index contributed by atoms with van der Waals surface area (Å²) in [7, 11) is 0. The molecule has 0 amide bonds. The fraction of sp³-hybridized carbons (Fsp3) is 0.115. The molecular weight excluding hydrogens is 342 g/mol. The van der Waals surface area contributed by atoms with E-state index in [2.05, 4.69) is 47.4 Å². The molecule has 2 heterocycles. The van der Waals surface area contributed by atoms with E-state index >= 15 is 0 Å². The second kappa shape index (κ2) is 6.65. The Labute approximate surface area is 165 Å². The van der Waals surface area contributed by atoms with E-state index in [1.54, 1.807) is 6.20 Å². The van der Waals surface area contributed by atoms with Crippen molar-refractivity contribution in [1.82, 2.24) is 4.98 Å². The molecule has 5 rings (SSSR count). The van der Waals surface area contributed by atoms with E-state index in [9.17, 15) is 0 Å². The van der Waals surface area contributed by atoms with E-state index in [0.717, 1.165) is 49.9 Å². The van der Waals surface area contributed by atoms with Crippen LogP contribution in [0.15, 0.2) is 89.5 Å². The topological polar surface area (TPSA) is 26.0 Å². The number of aromatic nitrogens is 1. The van der Waals surface area contributed by atoms with Crippen LogP contribution in [-0.4, -0.2) is 4.98 Å². The first kappa shape index (κ1) is 15.6. The highest BCUT2D eigenvalue weighted by atomic mass is 16.3. The van der Waals surface area contributed by atoms with Gasteiger partial charge in [0, 0.05) is 29.5 Å². The normalized spacial score (nSPS) is 12.4. The molecule has 0 aliphatic heterocycles. The van der Waals surface area contributed by atoms with Crippen molar-refractivity contribution in [3.05, 3.63) is 90.6 Å². The van der Waals surface area contributed by atoms with Crippen LogP contribution in [0.5, 0.6) is 0 Å². The Bertz CT molecular complexity index is 1330. The number of hydrogen-bond acceptors (Lipinski definition) is 2. The number of rotatable bonds is 3. The highest BCUT2D eigenvalue weighted by molar-refractivity contribution is 6.10. The molecule has 0 fully saturated rings. The lowest BCUT2D eigenvalue weighted by Crippen LogP contribution is -1.90. The van der Waals surface area contributed by atoms with Gasteiger partial charge in [-0.2, -0.15) is 0 Å². The highest BCUT2D eigenvalue weighted by Gasteiger charge is 2.13. The summed E-state index contributed by atoms with van der Waals surface area (Å²) in [4.78, 5) is 4.52. The van der Waals surface area contributed by atoms with Crippen LogP contribution in [-0.2, 0) is 0 Å². The van der Waals surface area contributed by atoms with Crippen molar-refractivity contribution in [2.45, 2.75) is 19.7 Å². The largest absolute Gasteiger partial charge is 0.455 e. The molecule has 28 heavy (non-hydrogen) atoms. The predicted molar refractivity (Wildman–Crippen MR) is 116 cm³/mol. The second-order valence-corrected chi connectivity index (χ2v) is 7.29. The summed E-state index contributed by atoms with van der Waals surface area (Å²) in [5.74, 6) is -0.661. The van der Waals surface area contributed by atoms with Crippen LogP contribution in [0.1, 0.15) is 26.7 Å². The fourth-order valence-corrected chi connectivity index (χ4v) is 3.70. The Balaban J connectivity index is 1.68. The van der Waals surface area contributed by atoms with Gasteiger partial charge in [-0.05, 0) is 41.3 Å². The summed E-state index contributed by atoms with van der Waals surface area (Å²) in [6, 6.07) is 26.7. The third-order valence-electron chi connectivity index (χ3n) is 5.22. The minimum Gasteiger partial charge on any atom is -0.455 e. The van der Waals surface area contributed by atoms with E-state index in [1.165, 1.54) is 0 Å². The highest BCUT2D eigenvalue weighted by Crippen LogP contribution is 2.37. The molecule has 0 saturated carbocycles. The number of hydrogen-bond donors (Lipinski definition) is 0. The van der Waals surface area contributed by atoms with E-state index in [1.807, 2.05) is 50.2 Å². The number of benzene rings is 3. The molecule has 0 radical (unpaired) electrons. The van der Waals surface area contributed by atoms with Crippen LogP contribution in [0.3, 0.4) is 0 Å². The summed E-state index contributed by atoms with van der Waals surface area (Å²) in [5.41, 5.74) is 6.77. The Kier molecular flexibility index (Phi) is 3.71. The van der Waals surface area contributed by atoms with Crippen LogP contribution in [0.4, 0.5) is 0 Å². The second-order valence-electron chi connectivity index (χ2n) is 7.29.